The van der Waals surface area contributed by atoms with Crippen LogP contribution < -0.4 is 20.1 Å². The number of aryl methyl sites for hydroxylation is 1. The highest BCUT2D eigenvalue weighted by Crippen LogP contribution is 2.53. The van der Waals surface area contributed by atoms with Gasteiger partial charge in [-0.1, -0.05) is 19.9 Å². The third kappa shape index (κ3) is 3.32. The number of ketones is 1. The molecule has 0 saturated heterocycles. The second-order valence-corrected chi connectivity index (χ2v) is 11.7. The van der Waals surface area contributed by atoms with E-state index in [0.29, 0.717) is 46.9 Å². The summed E-state index contributed by atoms with van der Waals surface area (Å²) < 4.78 is 11.1. The number of nitriles is 2. The van der Waals surface area contributed by atoms with E-state index in [2.05, 4.69) is 26.0 Å². The molecule has 0 amide bonds. The van der Waals surface area contributed by atoms with E-state index in [-0.39, 0.29) is 18.0 Å². The molecule has 0 fully saturated rings. The smallest absolute Gasteiger partial charge is 0.231 e. The minimum Gasteiger partial charge on any atom is -0.454 e. The van der Waals surface area contributed by atoms with Gasteiger partial charge in [0.15, 0.2) is 17.3 Å². The van der Waals surface area contributed by atoms with E-state index in [4.69, 9.17) is 15.2 Å². The average Bonchev–Trinajstić information content (AvgIpc) is 3.46. The van der Waals surface area contributed by atoms with Gasteiger partial charge < -0.3 is 15.2 Å². The molecule has 4 aliphatic rings. The monoisotopic (exact) mass is 498 g/mol. The fourth-order valence-electron chi connectivity index (χ4n) is 5.99. The molecule has 8 heteroatoms. The van der Waals surface area contributed by atoms with Crippen LogP contribution in [0.3, 0.4) is 0 Å². The number of nitrogens with two attached hydrogens (primary N) is 1. The molecule has 2 aliphatic heterocycles. The molecule has 3 heterocycles. The lowest BCUT2D eigenvalue weighted by atomic mass is 9.68. The van der Waals surface area contributed by atoms with Gasteiger partial charge in [0.05, 0.1) is 23.1 Å². The molecule has 1 atom stereocenters. The van der Waals surface area contributed by atoms with Crippen molar-refractivity contribution in [2.45, 2.75) is 58.3 Å². The lowest BCUT2D eigenvalue weighted by molar-refractivity contribution is -0.118. The van der Waals surface area contributed by atoms with Gasteiger partial charge in [-0.15, -0.1) is 11.3 Å². The maximum absolute atomic E-state index is 13.8. The first-order valence-corrected chi connectivity index (χ1v) is 13.0. The van der Waals surface area contributed by atoms with Crippen molar-refractivity contribution in [2.24, 2.45) is 11.1 Å². The number of allylic oxidation sites excluding steroid dienone is 3. The molecular formula is C28H26N4O3S. The minimum atomic E-state index is -0.598. The summed E-state index contributed by atoms with van der Waals surface area (Å²) in [6.45, 7) is 4.29. The Hall–Kier alpha value is -3.75. The number of carbonyl (C=O) groups is 1. The number of nitrogens with zero attached hydrogens (tertiary/aromatic N) is 3. The first kappa shape index (κ1) is 22.7. The molecule has 1 aromatic carbocycles. The van der Waals surface area contributed by atoms with Crippen LogP contribution >= 0.6 is 11.3 Å². The number of Topliss-reactive ketones (excluding diaryl/α,β-unsaturated/α-hetero) is 1. The topological polar surface area (TPSA) is 112 Å². The van der Waals surface area contributed by atoms with E-state index < -0.39 is 5.92 Å². The Kier molecular flexibility index (Phi) is 5.14. The summed E-state index contributed by atoms with van der Waals surface area (Å²) in [7, 11) is 0. The van der Waals surface area contributed by atoms with Crippen LogP contribution in [0.25, 0.3) is 0 Å². The number of ether oxygens (including phenoxy) is 2. The molecule has 36 heavy (non-hydrogen) atoms. The van der Waals surface area contributed by atoms with Crippen molar-refractivity contribution in [3.05, 3.63) is 62.4 Å². The molecule has 0 saturated carbocycles. The molecule has 7 nitrogen and oxygen atoms in total. The van der Waals surface area contributed by atoms with Crippen molar-refractivity contribution >= 4 is 22.1 Å². The van der Waals surface area contributed by atoms with Crippen molar-refractivity contribution in [2.75, 3.05) is 11.7 Å². The van der Waals surface area contributed by atoms with Gasteiger partial charge in [0.2, 0.25) is 6.79 Å². The highest BCUT2D eigenvalue weighted by molar-refractivity contribution is 7.16. The number of carbonyl (C=O) groups excluding carboxylic acids is 1. The zero-order valence-corrected chi connectivity index (χ0v) is 21.1. The summed E-state index contributed by atoms with van der Waals surface area (Å²) in [5, 5.41) is 21.3. The van der Waals surface area contributed by atoms with Crippen LogP contribution in [0, 0.1) is 28.1 Å². The SMILES string of the molecule is CC1(C)CC(=O)C2=C(C1)N(c1sc3c(c1C#N)CCCC3)C(N)=C(C#N)[C@@H]2c1ccc2c(c1)OCO2. The van der Waals surface area contributed by atoms with E-state index >= 15 is 0 Å². The molecular weight excluding hydrogens is 472 g/mol. The van der Waals surface area contributed by atoms with Crippen molar-refractivity contribution in [3.63, 3.8) is 0 Å². The Morgan fingerprint density at radius 2 is 1.89 bits per heavy atom. The fraction of sp³-hybridized carbons (Fsp3) is 0.393. The van der Waals surface area contributed by atoms with Crippen molar-refractivity contribution in [1.82, 2.24) is 0 Å². The zero-order valence-electron chi connectivity index (χ0n) is 20.3. The lowest BCUT2D eigenvalue weighted by Gasteiger charge is -2.43. The van der Waals surface area contributed by atoms with E-state index in [1.54, 1.807) is 11.3 Å². The van der Waals surface area contributed by atoms with Crippen molar-refractivity contribution in [1.29, 1.82) is 10.5 Å². The Labute approximate surface area is 214 Å². The summed E-state index contributed by atoms with van der Waals surface area (Å²) >= 11 is 1.58. The van der Waals surface area contributed by atoms with Crippen LogP contribution in [0.1, 0.15) is 67.0 Å². The van der Waals surface area contributed by atoms with Gasteiger partial charge in [-0.3, -0.25) is 9.69 Å². The summed E-state index contributed by atoms with van der Waals surface area (Å²) in [5.74, 6) is 0.932. The number of anilines is 1. The highest BCUT2D eigenvalue weighted by atomic mass is 32.1. The number of thiophene rings is 1. The van der Waals surface area contributed by atoms with Gasteiger partial charge in [0, 0.05) is 22.6 Å². The predicted molar refractivity (Wildman–Crippen MR) is 135 cm³/mol. The molecule has 0 unspecified atom stereocenters. The average molecular weight is 499 g/mol. The number of hydrogen-bond donors (Lipinski definition) is 1. The van der Waals surface area contributed by atoms with Gasteiger partial charge in [-0.05, 0) is 60.8 Å². The van der Waals surface area contributed by atoms with Crippen LogP contribution in [0.4, 0.5) is 5.00 Å². The summed E-state index contributed by atoms with van der Waals surface area (Å²) in [6.07, 6.45) is 4.95. The zero-order chi connectivity index (χ0) is 25.2. The van der Waals surface area contributed by atoms with Crippen LogP contribution in [-0.2, 0) is 17.6 Å². The molecule has 2 N–H and O–H groups in total. The minimum absolute atomic E-state index is 0.00833. The van der Waals surface area contributed by atoms with Crippen LogP contribution in [-0.4, -0.2) is 12.6 Å². The van der Waals surface area contributed by atoms with Gasteiger partial charge in [0.25, 0.3) is 0 Å². The molecule has 2 aliphatic carbocycles. The normalized spacial score (nSPS) is 22.2. The maximum Gasteiger partial charge on any atom is 0.231 e. The Balaban J connectivity index is 1.60. The second-order valence-electron chi connectivity index (χ2n) is 10.6. The molecule has 6 rings (SSSR count). The maximum atomic E-state index is 13.8. The van der Waals surface area contributed by atoms with Crippen molar-refractivity contribution < 1.29 is 14.3 Å². The number of benzene rings is 1. The van der Waals surface area contributed by atoms with E-state index in [1.165, 1.54) is 4.88 Å². The fourth-order valence-corrected chi connectivity index (χ4v) is 7.37. The first-order chi connectivity index (χ1) is 17.3. The summed E-state index contributed by atoms with van der Waals surface area (Å²) in [4.78, 5) is 16.8. The van der Waals surface area contributed by atoms with Crippen LogP contribution in [0.15, 0.2) is 40.9 Å². The van der Waals surface area contributed by atoms with Gasteiger partial charge >= 0.3 is 0 Å². The number of rotatable bonds is 2. The molecule has 1 aromatic heterocycles. The first-order valence-electron chi connectivity index (χ1n) is 12.2. The molecule has 0 bridgehead atoms. The van der Waals surface area contributed by atoms with Gasteiger partial charge in [-0.2, -0.15) is 10.5 Å². The lowest BCUT2D eigenvalue weighted by Crippen LogP contribution is -2.42. The Morgan fingerprint density at radius 3 is 2.67 bits per heavy atom. The third-order valence-corrected chi connectivity index (χ3v) is 8.86. The summed E-state index contributed by atoms with van der Waals surface area (Å²) in [5.41, 5.74) is 10.7. The molecule has 182 valence electrons. The highest BCUT2D eigenvalue weighted by Gasteiger charge is 2.46. The third-order valence-electron chi connectivity index (χ3n) is 7.58. The number of fused-ring (bicyclic) bond motifs is 2. The molecule has 2 aromatic rings. The Morgan fingerprint density at radius 1 is 1.11 bits per heavy atom. The van der Waals surface area contributed by atoms with Crippen LogP contribution in [0.5, 0.6) is 11.5 Å². The standard InChI is InChI=1S/C28H26N4O3S/c1-28(2)10-19-25(20(33)11-28)24(15-7-8-21-22(9-15)35-14-34-21)18(13-30)26(31)32(19)27-17(12-29)16-5-3-4-6-23(16)36-27/h7-9,24H,3-6,10-11,14,31H2,1-2H3/t24-/m0/s1. The predicted octanol–water partition coefficient (Wildman–Crippen LogP) is 5.17. The van der Waals surface area contributed by atoms with Gasteiger partial charge in [-0.25, -0.2) is 0 Å². The van der Waals surface area contributed by atoms with E-state index in [0.717, 1.165) is 47.5 Å². The molecule has 0 spiro atoms. The second kappa shape index (κ2) is 8.15. The van der Waals surface area contributed by atoms with E-state index in [9.17, 15) is 15.3 Å². The Bertz CT molecular complexity index is 1470. The number of hydrogen-bond acceptors (Lipinski definition) is 8. The van der Waals surface area contributed by atoms with Crippen molar-refractivity contribution in [3.8, 4) is 23.6 Å². The summed E-state index contributed by atoms with van der Waals surface area (Å²) in [6, 6.07) is 10.3. The largest absolute Gasteiger partial charge is 0.454 e. The van der Waals surface area contributed by atoms with Gasteiger partial charge in [0.1, 0.15) is 16.9 Å². The van der Waals surface area contributed by atoms with Crippen LogP contribution in [0.2, 0.25) is 0 Å². The quantitative estimate of drug-likeness (QED) is 0.608. The molecule has 0 radical (unpaired) electrons. The van der Waals surface area contributed by atoms with E-state index in [1.807, 2.05) is 23.1 Å².